The van der Waals surface area contributed by atoms with E-state index in [1.165, 1.54) is 16.7 Å². The summed E-state index contributed by atoms with van der Waals surface area (Å²) in [6, 6.07) is 14.4. The standard InChI is InChI=1S/C23H23N3O2S/c1-2-6-20-25-22-21(23(28)26(20)12-5-9-19(24)27)18(14-29-22)17-11-10-15-7-3-4-8-16(15)13-17/h3-4,7-8,10-11,13-14H,2,5-6,9,12H2,1H3,(H2,24,27). The molecule has 148 valence electrons. The van der Waals surface area contributed by atoms with Crippen LogP contribution in [0, 0.1) is 0 Å². The van der Waals surface area contributed by atoms with Crippen LogP contribution < -0.4 is 11.3 Å². The van der Waals surface area contributed by atoms with Crippen LogP contribution in [0.25, 0.3) is 32.1 Å². The Bertz CT molecular complexity index is 1260. The summed E-state index contributed by atoms with van der Waals surface area (Å²) < 4.78 is 1.73. The van der Waals surface area contributed by atoms with Crippen LogP contribution in [0.15, 0.2) is 52.6 Å². The molecule has 4 rings (SSSR count). The first kappa shape index (κ1) is 19.3. The second-order valence-corrected chi connectivity index (χ2v) is 8.05. The fourth-order valence-electron chi connectivity index (χ4n) is 3.69. The average Bonchev–Trinajstić information content (AvgIpc) is 3.14. The van der Waals surface area contributed by atoms with E-state index in [1.807, 2.05) is 17.5 Å². The molecule has 6 heteroatoms. The highest BCUT2D eigenvalue weighted by Crippen LogP contribution is 2.33. The van der Waals surface area contributed by atoms with Gasteiger partial charge in [-0.2, -0.15) is 0 Å². The number of hydrogen-bond donors (Lipinski definition) is 1. The summed E-state index contributed by atoms with van der Waals surface area (Å²) in [6.07, 6.45) is 2.42. The van der Waals surface area contributed by atoms with Gasteiger partial charge in [-0.25, -0.2) is 4.98 Å². The molecule has 2 N–H and O–H groups in total. The molecule has 4 aromatic rings. The Hall–Kier alpha value is -2.99. The summed E-state index contributed by atoms with van der Waals surface area (Å²) in [6.45, 7) is 2.52. The van der Waals surface area contributed by atoms with E-state index in [9.17, 15) is 9.59 Å². The lowest BCUT2D eigenvalue weighted by Crippen LogP contribution is -2.26. The van der Waals surface area contributed by atoms with Crippen LogP contribution in [0.4, 0.5) is 0 Å². The minimum Gasteiger partial charge on any atom is -0.370 e. The van der Waals surface area contributed by atoms with Gasteiger partial charge in [0, 0.05) is 30.3 Å². The van der Waals surface area contributed by atoms with Gasteiger partial charge in [-0.3, -0.25) is 14.2 Å². The van der Waals surface area contributed by atoms with Gasteiger partial charge in [-0.15, -0.1) is 11.3 Å². The van der Waals surface area contributed by atoms with Gasteiger partial charge < -0.3 is 5.73 Å². The van der Waals surface area contributed by atoms with Gasteiger partial charge in [0.1, 0.15) is 10.7 Å². The molecule has 0 aliphatic heterocycles. The molecule has 2 heterocycles. The van der Waals surface area contributed by atoms with Gasteiger partial charge in [-0.05, 0) is 35.2 Å². The molecule has 0 saturated heterocycles. The molecule has 0 spiro atoms. The largest absolute Gasteiger partial charge is 0.370 e. The number of aryl methyl sites for hydroxylation is 1. The van der Waals surface area contributed by atoms with Crippen LogP contribution in [0.2, 0.25) is 0 Å². The molecular weight excluding hydrogens is 382 g/mol. The summed E-state index contributed by atoms with van der Waals surface area (Å²) >= 11 is 1.51. The zero-order valence-corrected chi connectivity index (χ0v) is 17.2. The molecule has 2 aromatic carbocycles. The van der Waals surface area contributed by atoms with Crippen LogP contribution in [0.5, 0.6) is 0 Å². The van der Waals surface area contributed by atoms with Gasteiger partial charge in [-0.1, -0.05) is 43.3 Å². The fraction of sp³-hybridized carbons (Fsp3) is 0.261. The monoisotopic (exact) mass is 405 g/mol. The Labute approximate surface area is 172 Å². The van der Waals surface area contributed by atoms with Crippen molar-refractivity contribution in [3.05, 3.63) is 64.0 Å². The summed E-state index contributed by atoms with van der Waals surface area (Å²) in [5.74, 6) is 0.429. The number of primary amides is 1. The number of benzene rings is 2. The first-order valence-corrected chi connectivity index (χ1v) is 10.7. The van der Waals surface area contributed by atoms with Crippen LogP contribution in [0.3, 0.4) is 0 Å². The van der Waals surface area contributed by atoms with Gasteiger partial charge in [0.05, 0.1) is 5.39 Å². The number of amides is 1. The quantitative estimate of drug-likeness (QED) is 0.492. The van der Waals surface area contributed by atoms with Crippen LogP contribution >= 0.6 is 11.3 Å². The van der Waals surface area contributed by atoms with Crippen molar-refractivity contribution < 1.29 is 4.79 Å². The third-order valence-electron chi connectivity index (χ3n) is 5.11. The smallest absolute Gasteiger partial charge is 0.262 e. The summed E-state index contributed by atoms with van der Waals surface area (Å²) in [5.41, 5.74) is 7.17. The second-order valence-electron chi connectivity index (χ2n) is 7.20. The number of aromatic nitrogens is 2. The molecule has 0 saturated carbocycles. The first-order valence-electron chi connectivity index (χ1n) is 9.87. The molecule has 0 unspecified atom stereocenters. The molecule has 29 heavy (non-hydrogen) atoms. The number of fused-ring (bicyclic) bond motifs is 2. The van der Waals surface area contributed by atoms with E-state index in [4.69, 9.17) is 10.7 Å². The Morgan fingerprint density at radius 1 is 1.17 bits per heavy atom. The van der Waals surface area contributed by atoms with E-state index in [-0.39, 0.29) is 17.9 Å². The van der Waals surface area contributed by atoms with E-state index in [2.05, 4.69) is 37.3 Å². The van der Waals surface area contributed by atoms with E-state index in [1.54, 1.807) is 4.57 Å². The van der Waals surface area contributed by atoms with Crippen molar-refractivity contribution in [2.24, 2.45) is 5.73 Å². The molecule has 0 atom stereocenters. The number of nitrogens with two attached hydrogens (primary N) is 1. The SMILES string of the molecule is CCCc1nc2scc(-c3ccc4ccccc4c3)c2c(=O)n1CCCC(N)=O. The van der Waals surface area contributed by atoms with Gasteiger partial charge >= 0.3 is 0 Å². The second kappa shape index (κ2) is 8.17. The Balaban J connectivity index is 1.85. The molecule has 0 radical (unpaired) electrons. The van der Waals surface area contributed by atoms with E-state index < -0.39 is 0 Å². The van der Waals surface area contributed by atoms with Crippen molar-refractivity contribution in [2.75, 3.05) is 0 Å². The third kappa shape index (κ3) is 3.80. The van der Waals surface area contributed by atoms with E-state index in [0.717, 1.165) is 40.0 Å². The molecule has 5 nitrogen and oxygen atoms in total. The topological polar surface area (TPSA) is 78.0 Å². The van der Waals surface area contributed by atoms with Crippen LogP contribution in [-0.4, -0.2) is 15.5 Å². The highest BCUT2D eigenvalue weighted by atomic mass is 32.1. The molecule has 2 aromatic heterocycles. The Morgan fingerprint density at radius 2 is 1.97 bits per heavy atom. The lowest BCUT2D eigenvalue weighted by Gasteiger charge is -2.12. The third-order valence-corrected chi connectivity index (χ3v) is 5.98. The van der Waals surface area contributed by atoms with Crippen molar-refractivity contribution >= 4 is 38.2 Å². The molecule has 0 aliphatic carbocycles. The van der Waals surface area contributed by atoms with E-state index in [0.29, 0.717) is 18.4 Å². The minimum atomic E-state index is -0.350. The summed E-state index contributed by atoms with van der Waals surface area (Å²) in [7, 11) is 0. The van der Waals surface area contributed by atoms with E-state index >= 15 is 0 Å². The lowest BCUT2D eigenvalue weighted by atomic mass is 10.0. The minimum absolute atomic E-state index is 0.0349. The van der Waals surface area contributed by atoms with Crippen molar-refractivity contribution in [3.63, 3.8) is 0 Å². The fourth-order valence-corrected chi connectivity index (χ4v) is 4.65. The number of nitrogens with zero attached hydrogens (tertiary/aromatic N) is 2. The van der Waals surface area contributed by atoms with Gasteiger partial charge in [0.25, 0.3) is 5.56 Å². The highest BCUT2D eigenvalue weighted by molar-refractivity contribution is 7.17. The number of hydrogen-bond acceptors (Lipinski definition) is 4. The van der Waals surface area contributed by atoms with Crippen molar-refractivity contribution in [3.8, 4) is 11.1 Å². The predicted molar refractivity (Wildman–Crippen MR) is 119 cm³/mol. The molecule has 1 amide bonds. The average molecular weight is 406 g/mol. The van der Waals surface area contributed by atoms with Crippen molar-refractivity contribution in [1.29, 1.82) is 0 Å². The zero-order chi connectivity index (χ0) is 20.4. The predicted octanol–water partition coefficient (Wildman–Crippen LogP) is 4.50. The maximum absolute atomic E-state index is 13.4. The van der Waals surface area contributed by atoms with Gasteiger partial charge in [0.15, 0.2) is 0 Å². The maximum Gasteiger partial charge on any atom is 0.262 e. The normalized spacial score (nSPS) is 11.3. The number of thiophene rings is 1. The van der Waals surface area contributed by atoms with Crippen molar-refractivity contribution in [2.45, 2.75) is 39.2 Å². The Kier molecular flexibility index (Phi) is 5.45. The van der Waals surface area contributed by atoms with Crippen molar-refractivity contribution in [1.82, 2.24) is 9.55 Å². The Morgan fingerprint density at radius 3 is 2.72 bits per heavy atom. The molecular formula is C23H23N3O2S. The lowest BCUT2D eigenvalue weighted by molar-refractivity contribution is -0.118. The zero-order valence-electron chi connectivity index (χ0n) is 16.4. The number of carbonyl (C=O) groups excluding carboxylic acids is 1. The number of carbonyl (C=O) groups is 1. The summed E-state index contributed by atoms with van der Waals surface area (Å²) in [5, 5.41) is 4.99. The number of rotatable bonds is 7. The summed E-state index contributed by atoms with van der Waals surface area (Å²) in [4.78, 5) is 30.1. The van der Waals surface area contributed by atoms with Gasteiger partial charge in [0.2, 0.25) is 5.91 Å². The molecule has 0 bridgehead atoms. The highest BCUT2D eigenvalue weighted by Gasteiger charge is 2.17. The molecule has 0 fully saturated rings. The maximum atomic E-state index is 13.4. The van der Waals surface area contributed by atoms with Crippen LogP contribution in [-0.2, 0) is 17.8 Å². The van der Waals surface area contributed by atoms with Crippen LogP contribution in [0.1, 0.15) is 32.0 Å². The molecule has 0 aliphatic rings. The first-order chi connectivity index (χ1) is 14.1.